The zero-order valence-electron chi connectivity index (χ0n) is 33.5. The first kappa shape index (κ1) is 53.5. The average molecular weight is 1050 g/mol. The number of hydrogen-bond donors (Lipinski definition) is 2. The van der Waals surface area contributed by atoms with E-state index in [2.05, 4.69) is 16.1 Å². The van der Waals surface area contributed by atoms with Crippen molar-refractivity contribution in [3.63, 3.8) is 0 Å². The van der Waals surface area contributed by atoms with Gasteiger partial charge in [-0.05, 0) is 6.42 Å². The zero-order chi connectivity index (χ0) is 48.1. The molecule has 24 heteroatoms. The average Bonchev–Trinajstić information content (AvgIpc) is 3.10. The fourth-order valence-electron chi connectivity index (χ4n) is 6.41. The van der Waals surface area contributed by atoms with Crippen molar-refractivity contribution >= 4 is 36.3 Å². The molecule has 0 aliphatic heterocycles. The number of hydrogen-bond acceptors (Lipinski definition) is 8. The van der Waals surface area contributed by atoms with E-state index < -0.39 is 133 Å². The second-order valence-electron chi connectivity index (χ2n) is 16.7. The van der Waals surface area contributed by atoms with Gasteiger partial charge < -0.3 is 10.2 Å². The van der Waals surface area contributed by atoms with Crippen molar-refractivity contribution in [3.8, 4) is 0 Å². The Morgan fingerprint density at radius 2 is 0.984 bits per heavy atom. The summed E-state index contributed by atoms with van der Waals surface area (Å²) in [6.45, 7) is 10.9. The van der Waals surface area contributed by atoms with Gasteiger partial charge >= 0.3 is 276 Å². The number of aliphatic hydroxyl groups is 2. The van der Waals surface area contributed by atoms with E-state index in [1.807, 2.05) is 41.5 Å². The molecule has 1 fully saturated rings. The molecule has 2 unspecified atom stereocenters. The number of carbonyl (C=O) groups is 1. The number of benzene rings is 2. The van der Waals surface area contributed by atoms with Crippen LogP contribution in [0.2, 0.25) is 0 Å². The molecule has 0 aromatic heterocycles. The Morgan fingerprint density at radius 1 is 0.645 bits per heavy atom. The molecule has 0 radical (unpaired) electrons. The van der Waals surface area contributed by atoms with E-state index in [-0.39, 0.29) is 18.0 Å². The molecule has 2 atom stereocenters. The van der Waals surface area contributed by atoms with Gasteiger partial charge in [-0.25, -0.2) is 0 Å². The van der Waals surface area contributed by atoms with E-state index >= 15 is 8.78 Å². The monoisotopic (exact) mass is 1050 g/mol. The van der Waals surface area contributed by atoms with Crippen LogP contribution in [0.3, 0.4) is 0 Å². The summed E-state index contributed by atoms with van der Waals surface area (Å²) in [5.74, 6) is -9.32. The van der Waals surface area contributed by atoms with Gasteiger partial charge in [0.2, 0.25) is 0 Å². The first-order chi connectivity index (χ1) is 27.6. The van der Waals surface area contributed by atoms with E-state index in [0.29, 0.717) is 0 Å². The molecular formula is C38H43F14IO8S. The van der Waals surface area contributed by atoms with Crippen molar-refractivity contribution in [2.75, 3.05) is 13.2 Å². The van der Waals surface area contributed by atoms with Gasteiger partial charge in [0.25, 0.3) is 11.2 Å². The topological polar surface area (TPSA) is 119 Å². The molecule has 1 aliphatic carbocycles. The molecule has 1 saturated carbocycles. The fourth-order valence-corrected chi connectivity index (χ4v) is 13.2. The Labute approximate surface area is 355 Å². The van der Waals surface area contributed by atoms with Gasteiger partial charge in [-0.15, -0.1) is 0 Å². The third-order valence-corrected chi connectivity index (χ3v) is 17.4. The number of esters is 1. The summed E-state index contributed by atoms with van der Waals surface area (Å²) in [5, 5.41) is 14.9. The first-order valence-electron chi connectivity index (χ1n) is 18.0. The summed E-state index contributed by atoms with van der Waals surface area (Å²) in [5.41, 5.74) is -12.2. The molecule has 0 spiro atoms. The normalized spacial score (nSPS) is 19.6. The number of ether oxygens (including phenoxy) is 2. The molecule has 2 N–H and O–H groups in total. The van der Waals surface area contributed by atoms with Gasteiger partial charge in [0.1, 0.15) is 0 Å². The summed E-state index contributed by atoms with van der Waals surface area (Å²) in [4.78, 5) is 12.8. The minimum atomic E-state index is -6.79. The van der Waals surface area contributed by atoms with Crippen molar-refractivity contribution in [1.82, 2.24) is 0 Å². The Bertz CT molecular complexity index is 1870. The predicted octanol–water partition coefficient (Wildman–Crippen LogP) is 10.3. The summed E-state index contributed by atoms with van der Waals surface area (Å²) in [6, 6.07) is 12.8. The van der Waals surface area contributed by atoms with Gasteiger partial charge in [0.05, 0.1) is 0 Å². The summed E-state index contributed by atoms with van der Waals surface area (Å²) < 4.78 is 237. The number of rotatable bonds is 13. The fraction of sp³-hybridized carbons (Fsp3) is 0.605. The molecule has 62 heavy (non-hydrogen) atoms. The molecule has 3 rings (SSSR count). The Hall–Kier alpha value is -2.81. The summed E-state index contributed by atoms with van der Waals surface area (Å²) >= 11 is -3.77. The summed E-state index contributed by atoms with van der Waals surface area (Å²) in [6.07, 6.45) is -36.1. The molecule has 1 aliphatic rings. The van der Waals surface area contributed by atoms with E-state index in [4.69, 9.17) is 2.51 Å². The standard InChI is InChI=1S/C38H43F14IO8S/c1-21(29(54)60-28-17-24(33(55,35(41,42)43)36(44,45)46)16-25(18-28)34(56,37(47,48)49)38(50,51)52)19-59-20-32(39,40)62(57,58)61-53(26-12-8-22(9-13-26)30(2,3)4)27-14-10-23(11-15-27)31(5,6)7/h8-15,24-25,28,55-56H,1,16-20H2,2-7H3. The van der Waals surface area contributed by atoms with Crippen LogP contribution in [0.25, 0.3) is 0 Å². The molecule has 2 aromatic carbocycles. The number of halogens is 15. The van der Waals surface area contributed by atoms with Crippen LogP contribution in [0.5, 0.6) is 0 Å². The van der Waals surface area contributed by atoms with Crippen molar-refractivity contribution in [1.29, 1.82) is 0 Å². The van der Waals surface area contributed by atoms with Crippen LogP contribution in [0.4, 0.5) is 61.5 Å². The third-order valence-electron chi connectivity index (χ3n) is 10.0. The second-order valence-corrected chi connectivity index (χ2v) is 23.3. The maximum atomic E-state index is 15.4. The van der Waals surface area contributed by atoms with Gasteiger partial charge in [0, 0.05) is 0 Å². The molecule has 8 nitrogen and oxygen atoms in total. The summed E-state index contributed by atoms with van der Waals surface area (Å²) in [7, 11) is -5.91. The van der Waals surface area contributed by atoms with E-state index in [1.165, 1.54) is 24.3 Å². The van der Waals surface area contributed by atoms with Gasteiger partial charge in [-0.3, -0.25) is 0 Å². The third kappa shape index (κ3) is 11.3. The van der Waals surface area contributed by atoms with Crippen LogP contribution in [-0.4, -0.2) is 85.1 Å². The van der Waals surface area contributed by atoms with Crippen molar-refractivity contribution in [3.05, 3.63) is 79.0 Å². The van der Waals surface area contributed by atoms with E-state index in [1.54, 1.807) is 24.3 Å². The van der Waals surface area contributed by atoms with Crippen molar-refractivity contribution < 1.29 is 96.9 Å². The molecule has 354 valence electrons. The van der Waals surface area contributed by atoms with E-state index in [9.17, 15) is 76.1 Å². The molecule has 0 bridgehead atoms. The molecule has 0 heterocycles. The van der Waals surface area contributed by atoms with Crippen molar-refractivity contribution in [2.45, 2.75) is 119 Å². The van der Waals surface area contributed by atoms with Crippen LogP contribution >= 0.6 is 20.2 Å². The zero-order valence-corrected chi connectivity index (χ0v) is 36.5. The molecule has 0 saturated heterocycles. The SMILES string of the molecule is C=C(COCC(F)(F)S(=O)(=O)OI(c1ccc(C(C)(C)C)cc1)c1ccc(C(C)(C)C)cc1)C(=O)OC1CC(C(O)(C(F)(F)F)C(F)(F)F)CC(C(O)(C(F)(F)F)C(F)(F)F)C1. The maximum absolute atomic E-state index is 15.4. The van der Waals surface area contributed by atoms with E-state index in [0.717, 1.165) is 11.1 Å². The minimum absolute atomic E-state index is 0.280. The van der Waals surface area contributed by atoms with Crippen LogP contribution in [0, 0.1) is 19.0 Å². The number of alkyl halides is 14. The first-order valence-corrected chi connectivity index (χ1v) is 22.5. The van der Waals surface area contributed by atoms with Crippen LogP contribution in [-0.2, 0) is 37.7 Å². The Kier molecular flexibility index (Phi) is 15.4. The van der Waals surface area contributed by atoms with Crippen LogP contribution in [0.15, 0.2) is 60.7 Å². The van der Waals surface area contributed by atoms with Crippen LogP contribution < -0.4 is 0 Å². The van der Waals surface area contributed by atoms with Gasteiger partial charge in [-0.2, -0.15) is 52.7 Å². The number of carbonyl (C=O) groups excluding carboxylic acids is 1. The van der Waals surface area contributed by atoms with Crippen molar-refractivity contribution in [2.24, 2.45) is 11.8 Å². The second kappa shape index (κ2) is 17.9. The predicted molar refractivity (Wildman–Crippen MR) is 201 cm³/mol. The quantitative estimate of drug-likeness (QED) is 0.0881. The van der Waals surface area contributed by atoms with Gasteiger partial charge in [0.15, 0.2) is 0 Å². The molecular weight excluding hydrogens is 1010 g/mol. The van der Waals surface area contributed by atoms with Gasteiger partial charge in [-0.1, -0.05) is 0 Å². The van der Waals surface area contributed by atoms with Crippen LogP contribution in [0.1, 0.15) is 71.9 Å². The Balaban J connectivity index is 1.86. The molecule has 0 amide bonds. The Morgan fingerprint density at radius 3 is 1.29 bits per heavy atom. The molecule has 2 aromatic rings.